The molecule has 0 aromatic carbocycles. The van der Waals surface area contributed by atoms with Gasteiger partial charge in [-0.1, -0.05) is 0 Å². The van der Waals surface area contributed by atoms with Crippen LogP contribution in [0.25, 0.3) is 0 Å². The van der Waals surface area contributed by atoms with Crippen molar-refractivity contribution in [2.75, 3.05) is 13.1 Å². The smallest absolute Gasteiger partial charge is 0.363 e. The number of hydrogen-bond donors (Lipinski definition) is 1. The van der Waals surface area contributed by atoms with Gasteiger partial charge in [-0.3, -0.25) is 0 Å². The number of halogens is 3. The van der Waals surface area contributed by atoms with Gasteiger partial charge in [0.15, 0.2) is 5.11 Å². The van der Waals surface area contributed by atoms with E-state index in [0.717, 1.165) is 12.8 Å². The minimum absolute atomic E-state index is 0.0109. The molecule has 0 radical (unpaired) electrons. The van der Waals surface area contributed by atoms with Gasteiger partial charge in [0.2, 0.25) is 0 Å². The van der Waals surface area contributed by atoms with E-state index in [1.165, 1.54) is 4.90 Å². The Morgan fingerprint density at radius 1 is 1.50 bits per heavy atom. The predicted octanol–water partition coefficient (Wildman–Crippen LogP) is 1.91. The van der Waals surface area contributed by atoms with Crippen LogP contribution in [-0.4, -0.2) is 35.3 Å². The average Bonchev–Trinajstić information content (AvgIpc) is 2.81. The van der Waals surface area contributed by atoms with E-state index in [1.54, 1.807) is 0 Å². The maximum atomic E-state index is 12.2. The first-order valence-corrected chi connectivity index (χ1v) is 4.96. The molecule has 1 saturated carbocycles. The standard InChI is InChI=1S/C8H13F3N2S/c1-2-12-7(14)13(6-3-4-6)5-8(9,10)11/h6H,2-5H2,1H3,(H,12,14). The lowest BCUT2D eigenvalue weighted by Gasteiger charge is -2.26. The molecule has 14 heavy (non-hydrogen) atoms. The highest BCUT2D eigenvalue weighted by Gasteiger charge is 2.39. The van der Waals surface area contributed by atoms with Crippen LogP contribution >= 0.6 is 12.2 Å². The quantitative estimate of drug-likeness (QED) is 0.740. The third kappa shape index (κ3) is 3.69. The minimum Gasteiger partial charge on any atom is -0.363 e. The molecule has 1 N–H and O–H groups in total. The molecule has 1 aliphatic rings. The van der Waals surface area contributed by atoms with Crippen molar-refractivity contribution in [3.05, 3.63) is 0 Å². The highest BCUT2D eigenvalue weighted by atomic mass is 32.1. The van der Waals surface area contributed by atoms with Crippen molar-refractivity contribution in [3.63, 3.8) is 0 Å². The van der Waals surface area contributed by atoms with E-state index in [-0.39, 0.29) is 11.2 Å². The number of rotatable bonds is 3. The first-order chi connectivity index (χ1) is 6.44. The van der Waals surface area contributed by atoms with Gasteiger partial charge in [0, 0.05) is 12.6 Å². The van der Waals surface area contributed by atoms with Gasteiger partial charge in [0.05, 0.1) is 0 Å². The molecule has 2 nitrogen and oxygen atoms in total. The summed E-state index contributed by atoms with van der Waals surface area (Å²) < 4.78 is 36.5. The summed E-state index contributed by atoms with van der Waals surface area (Å²) in [6.07, 6.45) is -2.56. The summed E-state index contributed by atoms with van der Waals surface area (Å²) in [6, 6.07) is -0.0109. The molecule has 0 amide bonds. The Labute approximate surface area is 86.5 Å². The fourth-order valence-corrected chi connectivity index (χ4v) is 1.56. The summed E-state index contributed by atoms with van der Waals surface area (Å²) >= 11 is 4.87. The van der Waals surface area contributed by atoms with Crippen molar-refractivity contribution in [3.8, 4) is 0 Å². The predicted molar refractivity (Wildman–Crippen MR) is 52.1 cm³/mol. The fourth-order valence-electron chi connectivity index (χ4n) is 1.20. The zero-order valence-electron chi connectivity index (χ0n) is 7.90. The third-order valence-electron chi connectivity index (χ3n) is 1.93. The fraction of sp³-hybridized carbons (Fsp3) is 0.875. The second-order valence-electron chi connectivity index (χ2n) is 3.31. The molecule has 6 heteroatoms. The maximum absolute atomic E-state index is 12.2. The molecule has 82 valence electrons. The van der Waals surface area contributed by atoms with Gasteiger partial charge >= 0.3 is 6.18 Å². The molecular weight excluding hydrogens is 213 g/mol. The molecule has 1 fully saturated rings. The molecule has 1 rings (SSSR count). The van der Waals surface area contributed by atoms with Gasteiger partial charge in [-0.25, -0.2) is 0 Å². The van der Waals surface area contributed by atoms with Crippen molar-refractivity contribution < 1.29 is 13.2 Å². The maximum Gasteiger partial charge on any atom is 0.406 e. The van der Waals surface area contributed by atoms with Gasteiger partial charge in [0.1, 0.15) is 6.54 Å². The molecule has 1 aliphatic carbocycles. The molecular formula is C8H13F3N2S. The van der Waals surface area contributed by atoms with Crippen LogP contribution in [0.5, 0.6) is 0 Å². The Morgan fingerprint density at radius 2 is 2.07 bits per heavy atom. The van der Waals surface area contributed by atoms with E-state index in [1.807, 2.05) is 6.92 Å². The summed E-state index contributed by atoms with van der Waals surface area (Å²) in [5.74, 6) is 0. The van der Waals surface area contributed by atoms with Crippen LogP contribution in [0.15, 0.2) is 0 Å². The minimum atomic E-state index is -4.18. The van der Waals surface area contributed by atoms with E-state index >= 15 is 0 Å². The van der Waals surface area contributed by atoms with Gasteiger partial charge in [-0.15, -0.1) is 0 Å². The lowest BCUT2D eigenvalue weighted by atomic mass is 10.5. The molecule has 0 spiro atoms. The monoisotopic (exact) mass is 226 g/mol. The number of nitrogens with zero attached hydrogens (tertiary/aromatic N) is 1. The number of alkyl halides is 3. The zero-order valence-corrected chi connectivity index (χ0v) is 8.71. The van der Waals surface area contributed by atoms with Crippen LogP contribution in [0, 0.1) is 0 Å². The normalized spacial score (nSPS) is 16.6. The Balaban J connectivity index is 2.51. The van der Waals surface area contributed by atoms with E-state index in [2.05, 4.69) is 5.32 Å². The van der Waals surface area contributed by atoms with Gasteiger partial charge in [-0.05, 0) is 32.0 Å². The van der Waals surface area contributed by atoms with E-state index in [9.17, 15) is 13.2 Å². The molecule has 0 atom stereocenters. The second kappa shape index (κ2) is 4.33. The average molecular weight is 226 g/mol. The van der Waals surface area contributed by atoms with Crippen LogP contribution in [0.4, 0.5) is 13.2 Å². The van der Waals surface area contributed by atoms with Gasteiger partial charge in [-0.2, -0.15) is 13.2 Å². The number of nitrogens with one attached hydrogen (secondary N) is 1. The van der Waals surface area contributed by atoms with Crippen LogP contribution in [0.1, 0.15) is 19.8 Å². The van der Waals surface area contributed by atoms with Crippen LogP contribution < -0.4 is 5.32 Å². The lowest BCUT2D eigenvalue weighted by Crippen LogP contribution is -2.45. The molecule has 0 aliphatic heterocycles. The Morgan fingerprint density at radius 3 is 2.43 bits per heavy atom. The van der Waals surface area contributed by atoms with Crippen LogP contribution in [0.2, 0.25) is 0 Å². The zero-order chi connectivity index (χ0) is 10.8. The van der Waals surface area contributed by atoms with Crippen LogP contribution in [-0.2, 0) is 0 Å². The third-order valence-corrected chi connectivity index (χ3v) is 2.30. The Hall–Kier alpha value is -0.520. The molecule has 0 heterocycles. The van der Waals surface area contributed by atoms with Crippen molar-refractivity contribution in [1.29, 1.82) is 0 Å². The van der Waals surface area contributed by atoms with Crippen molar-refractivity contribution >= 4 is 17.3 Å². The first-order valence-electron chi connectivity index (χ1n) is 4.55. The largest absolute Gasteiger partial charge is 0.406 e. The highest BCUT2D eigenvalue weighted by molar-refractivity contribution is 7.80. The lowest BCUT2D eigenvalue weighted by molar-refractivity contribution is -0.138. The topological polar surface area (TPSA) is 15.3 Å². The van der Waals surface area contributed by atoms with Crippen molar-refractivity contribution in [2.45, 2.75) is 32.0 Å². The molecule has 0 unspecified atom stereocenters. The summed E-state index contributed by atoms with van der Waals surface area (Å²) in [5, 5.41) is 2.96. The SMILES string of the molecule is CCNC(=S)N(CC(F)(F)F)C1CC1. The Bertz CT molecular complexity index is 213. The highest BCUT2D eigenvalue weighted by Crippen LogP contribution is 2.30. The molecule has 0 aromatic rings. The van der Waals surface area contributed by atoms with Gasteiger partial charge < -0.3 is 10.2 Å². The molecule has 0 aromatic heterocycles. The van der Waals surface area contributed by atoms with E-state index < -0.39 is 12.7 Å². The summed E-state index contributed by atoms with van der Waals surface area (Å²) in [4.78, 5) is 1.23. The van der Waals surface area contributed by atoms with Crippen molar-refractivity contribution in [2.24, 2.45) is 0 Å². The van der Waals surface area contributed by atoms with E-state index in [0.29, 0.717) is 6.54 Å². The summed E-state index contributed by atoms with van der Waals surface area (Å²) in [6.45, 7) is 1.42. The molecule has 0 saturated heterocycles. The van der Waals surface area contributed by atoms with Crippen LogP contribution in [0.3, 0.4) is 0 Å². The van der Waals surface area contributed by atoms with Crippen molar-refractivity contribution in [1.82, 2.24) is 10.2 Å². The number of hydrogen-bond acceptors (Lipinski definition) is 1. The first kappa shape index (κ1) is 11.6. The molecule has 0 bridgehead atoms. The Kier molecular flexibility index (Phi) is 3.58. The number of thiocarbonyl (C=S) groups is 1. The summed E-state index contributed by atoms with van der Waals surface area (Å²) in [7, 11) is 0. The summed E-state index contributed by atoms with van der Waals surface area (Å²) in [5.41, 5.74) is 0. The second-order valence-corrected chi connectivity index (χ2v) is 3.70. The van der Waals surface area contributed by atoms with Gasteiger partial charge in [0.25, 0.3) is 0 Å². The van der Waals surface area contributed by atoms with E-state index in [4.69, 9.17) is 12.2 Å².